The molecule has 0 aliphatic heterocycles. The van der Waals surface area contributed by atoms with E-state index in [0.29, 0.717) is 0 Å². The summed E-state index contributed by atoms with van der Waals surface area (Å²) < 4.78 is 3.58. The molecule has 1 aromatic heterocycles. The molecule has 0 spiro atoms. The molecule has 1 nitrogen and oxygen atoms in total. The average Bonchev–Trinajstić information content (AvgIpc) is 2.82. The standard InChI is InChI=1S/C19H14IN/c1-21-16-10-6-5-9-14(16)19-17(21)12-11-15(20)18(19)13-7-3-2-4-8-13/h2-12H,1H3. The van der Waals surface area contributed by atoms with Crippen molar-refractivity contribution >= 4 is 44.4 Å². The van der Waals surface area contributed by atoms with Crippen LogP contribution in [0.25, 0.3) is 32.9 Å². The van der Waals surface area contributed by atoms with Gasteiger partial charge in [-0.1, -0.05) is 48.5 Å². The van der Waals surface area contributed by atoms with Gasteiger partial charge >= 0.3 is 0 Å². The molecule has 0 saturated carbocycles. The molecule has 0 radical (unpaired) electrons. The molecule has 0 aliphatic rings. The largest absolute Gasteiger partial charge is 0.344 e. The molecule has 0 amide bonds. The second-order valence-corrected chi connectivity index (χ2v) is 6.42. The summed E-state index contributed by atoms with van der Waals surface area (Å²) in [7, 11) is 2.15. The highest BCUT2D eigenvalue weighted by Crippen LogP contribution is 2.38. The second kappa shape index (κ2) is 4.88. The number of aromatic nitrogens is 1. The Labute approximate surface area is 137 Å². The van der Waals surface area contributed by atoms with Crippen molar-refractivity contribution in [2.24, 2.45) is 7.05 Å². The lowest BCUT2D eigenvalue weighted by atomic mass is 9.99. The number of halogens is 1. The van der Waals surface area contributed by atoms with Crippen molar-refractivity contribution in [3.8, 4) is 11.1 Å². The van der Waals surface area contributed by atoms with Crippen molar-refractivity contribution in [3.05, 3.63) is 70.3 Å². The van der Waals surface area contributed by atoms with Crippen LogP contribution >= 0.6 is 22.6 Å². The van der Waals surface area contributed by atoms with Gasteiger partial charge in [0.1, 0.15) is 0 Å². The van der Waals surface area contributed by atoms with Crippen LogP contribution in [0.5, 0.6) is 0 Å². The summed E-state index contributed by atoms with van der Waals surface area (Å²) in [6.07, 6.45) is 0. The predicted octanol–water partition coefficient (Wildman–Crippen LogP) is 5.60. The maximum atomic E-state index is 2.44. The van der Waals surface area contributed by atoms with Crippen LogP contribution in [0, 0.1) is 3.57 Å². The van der Waals surface area contributed by atoms with E-state index in [1.807, 2.05) is 0 Å². The Morgan fingerprint density at radius 2 is 1.48 bits per heavy atom. The van der Waals surface area contributed by atoms with Crippen LogP contribution < -0.4 is 0 Å². The van der Waals surface area contributed by atoms with Gasteiger partial charge in [0.2, 0.25) is 0 Å². The minimum absolute atomic E-state index is 1.28. The third-order valence-corrected chi connectivity index (χ3v) is 4.99. The summed E-state index contributed by atoms with van der Waals surface area (Å²) in [5, 5.41) is 2.68. The number of nitrogens with zero attached hydrogens (tertiary/aromatic N) is 1. The Hall–Kier alpha value is -1.81. The van der Waals surface area contributed by atoms with Gasteiger partial charge in [0.05, 0.1) is 0 Å². The van der Waals surface area contributed by atoms with Gasteiger partial charge in [-0.3, -0.25) is 0 Å². The first-order chi connectivity index (χ1) is 10.3. The molecule has 4 rings (SSSR count). The van der Waals surface area contributed by atoms with E-state index in [-0.39, 0.29) is 0 Å². The van der Waals surface area contributed by atoms with Crippen LogP contribution in [0.2, 0.25) is 0 Å². The number of para-hydroxylation sites is 1. The molecule has 1 heterocycles. The molecule has 0 aliphatic carbocycles. The van der Waals surface area contributed by atoms with Gasteiger partial charge in [-0.2, -0.15) is 0 Å². The SMILES string of the molecule is Cn1c2ccccc2c2c(-c3ccccc3)c(I)ccc21. The van der Waals surface area contributed by atoms with Crippen molar-refractivity contribution in [2.45, 2.75) is 0 Å². The van der Waals surface area contributed by atoms with Crippen LogP contribution in [0.3, 0.4) is 0 Å². The number of benzene rings is 3. The van der Waals surface area contributed by atoms with Crippen molar-refractivity contribution in [1.82, 2.24) is 4.57 Å². The number of hydrogen-bond donors (Lipinski definition) is 0. The molecule has 4 aromatic rings. The third-order valence-electron chi connectivity index (χ3n) is 4.09. The zero-order valence-corrected chi connectivity index (χ0v) is 13.8. The molecular weight excluding hydrogens is 369 g/mol. The van der Waals surface area contributed by atoms with Gasteiger partial charge in [0.15, 0.2) is 0 Å². The smallest absolute Gasteiger partial charge is 0.0495 e. The average molecular weight is 383 g/mol. The van der Waals surface area contributed by atoms with Gasteiger partial charge < -0.3 is 4.57 Å². The Balaban J connectivity index is 2.25. The highest BCUT2D eigenvalue weighted by molar-refractivity contribution is 14.1. The summed E-state index contributed by atoms with van der Waals surface area (Å²) >= 11 is 2.44. The molecule has 0 unspecified atom stereocenters. The normalized spacial score (nSPS) is 11.3. The minimum atomic E-state index is 1.28. The topological polar surface area (TPSA) is 4.93 Å². The molecule has 0 bridgehead atoms. The van der Waals surface area contributed by atoms with E-state index in [0.717, 1.165) is 0 Å². The van der Waals surface area contributed by atoms with Crippen LogP contribution in [0.1, 0.15) is 0 Å². The summed E-state index contributed by atoms with van der Waals surface area (Å²) in [5.41, 5.74) is 5.19. The summed E-state index contributed by atoms with van der Waals surface area (Å²) in [6, 6.07) is 23.7. The van der Waals surface area contributed by atoms with Gasteiger partial charge in [-0.15, -0.1) is 0 Å². The van der Waals surface area contributed by atoms with E-state index in [1.165, 1.54) is 36.5 Å². The summed E-state index contributed by atoms with van der Waals surface area (Å²) in [5.74, 6) is 0. The zero-order chi connectivity index (χ0) is 14.4. The lowest BCUT2D eigenvalue weighted by Gasteiger charge is -2.08. The number of fused-ring (bicyclic) bond motifs is 3. The maximum Gasteiger partial charge on any atom is 0.0495 e. The molecular formula is C19H14IN. The fourth-order valence-electron chi connectivity index (χ4n) is 3.11. The van der Waals surface area contributed by atoms with Crippen molar-refractivity contribution < 1.29 is 0 Å². The van der Waals surface area contributed by atoms with Gasteiger partial charge in [-0.25, -0.2) is 0 Å². The van der Waals surface area contributed by atoms with Gasteiger partial charge in [-0.05, 0) is 46.4 Å². The lowest BCUT2D eigenvalue weighted by molar-refractivity contribution is 1.01. The fraction of sp³-hybridized carbons (Fsp3) is 0.0526. The predicted molar refractivity (Wildman–Crippen MR) is 98.6 cm³/mol. The molecule has 0 fully saturated rings. The molecule has 2 heteroatoms. The van der Waals surface area contributed by atoms with Crippen LogP contribution in [0.4, 0.5) is 0 Å². The first-order valence-corrected chi connectivity index (χ1v) is 8.06. The van der Waals surface area contributed by atoms with Gasteiger partial charge in [0.25, 0.3) is 0 Å². The van der Waals surface area contributed by atoms with Crippen LogP contribution in [-0.4, -0.2) is 4.57 Å². The molecule has 0 N–H and O–H groups in total. The van der Waals surface area contributed by atoms with Crippen molar-refractivity contribution in [2.75, 3.05) is 0 Å². The first kappa shape index (κ1) is 12.9. The van der Waals surface area contributed by atoms with E-state index in [4.69, 9.17) is 0 Å². The van der Waals surface area contributed by atoms with Crippen LogP contribution in [0.15, 0.2) is 66.7 Å². The monoisotopic (exact) mass is 383 g/mol. The number of hydrogen-bond acceptors (Lipinski definition) is 0. The molecule has 0 saturated heterocycles. The summed E-state index contributed by atoms with van der Waals surface area (Å²) in [4.78, 5) is 0. The van der Waals surface area contributed by atoms with E-state index in [1.54, 1.807) is 0 Å². The molecule has 0 atom stereocenters. The number of rotatable bonds is 1. The fourth-order valence-corrected chi connectivity index (χ4v) is 3.87. The Bertz CT molecular complexity index is 952. The number of aryl methyl sites for hydroxylation is 1. The highest BCUT2D eigenvalue weighted by atomic mass is 127. The first-order valence-electron chi connectivity index (χ1n) is 6.98. The maximum absolute atomic E-state index is 2.44. The van der Waals surface area contributed by atoms with Crippen molar-refractivity contribution in [1.29, 1.82) is 0 Å². The Morgan fingerprint density at radius 3 is 2.29 bits per heavy atom. The van der Waals surface area contributed by atoms with E-state index >= 15 is 0 Å². The Kier molecular flexibility index (Phi) is 3.00. The second-order valence-electron chi connectivity index (χ2n) is 5.26. The van der Waals surface area contributed by atoms with Crippen molar-refractivity contribution in [3.63, 3.8) is 0 Å². The van der Waals surface area contributed by atoms with E-state index in [2.05, 4.69) is 101 Å². The molecule has 102 valence electrons. The van der Waals surface area contributed by atoms with Crippen LogP contribution in [-0.2, 0) is 7.05 Å². The lowest BCUT2D eigenvalue weighted by Crippen LogP contribution is -1.88. The minimum Gasteiger partial charge on any atom is -0.344 e. The molecule has 3 aromatic carbocycles. The quantitative estimate of drug-likeness (QED) is 0.377. The highest BCUT2D eigenvalue weighted by Gasteiger charge is 2.15. The van der Waals surface area contributed by atoms with E-state index in [9.17, 15) is 0 Å². The third kappa shape index (κ3) is 1.89. The zero-order valence-electron chi connectivity index (χ0n) is 11.7. The van der Waals surface area contributed by atoms with Gasteiger partial charge in [0, 0.05) is 38.0 Å². The Morgan fingerprint density at radius 1 is 0.762 bits per heavy atom. The van der Waals surface area contributed by atoms with E-state index < -0.39 is 0 Å². The molecule has 21 heavy (non-hydrogen) atoms. The summed E-state index contributed by atoms with van der Waals surface area (Å²) in [6.45, 7) is 0.